The van der Waals surface area contributed by atoms with Gasteiger partial charge >= 0.3 is 6.18 Å². The summed E-state index contributed by atoms with van der Waals surface area (Å²) in [5.41, 5.74) is -0.0656. The Morgan fingerprint density at radius 1 is 1.32 bits per heavy atom. The molecule has 0 saturated carbocycles. The number of amides is 1. The van der Waals surface area contributed by atoms with Crippen LogP contribution < -0.4 is 5.32 Å². The molecule has 0 radical (unpaired) electrons. The van der Waals surface area contributed by atoms with Crippen LogP contribution in [0.3, 0.4) is 0 Å². The van der Waals surface area contributed by atoms with Gasteiger partial charge in [0.25, 0.3) is 0 Å². The average molecular weight is 294 g/mol. The van der Waals surface area contributed by atoms with E-state index in [1.165, 1.54) is 12.1 Å². The molecule has 19 heavy (non-hydrogen) atoms. The van der Waals surface area contributed by atoms with E-state index in [1.54, 1.807) is 6.92 Å². The molecule has 1 rings (SSSR count). The molecule has 2 nitrogen and oxygen atoms in total. The summed E-state index contributed by atoms with van der Waals surface area (Å²) in [4.78, 5) is 11.5. The third-order valence-electron chi connectivity index (χ3n) is 2.65. The summed E-state index contributed by atoms with van der Waals surface area (Å²) < 4.78 is 37.2. The van der Waals surface area contributed by atoms with Gasteiger partial charge in [-0.25, -0.2) is 0 Å². The smallest absolute Gasteiger partial charge is 0.350 e. The summed E-state index contributed by atoms with van der Waals surface area (Å²) in [7, 11) is 0. The van der Waals surface area contributed by atoms with Crippen molar-refractivity contribution in [1.82, 2.24) is 5.32 Å². The zero-order chi connectivity index (χ0) is 14.5. The maximum absolute atomic E-state index is 12.4. The van der Waals surface area contributed by atoms with Crippen molar-refractivity contribution >= 4 is 17.5 Å². The Balaban J connectivity index is 2.63. The van der Waals surface area contributed by atoms with Crippen LogP contribution in [0.4, 0.5) is 13.2 Å². The first-order valence-corrected chi connectivity index (χ1v) is 6.40. The quantitative estimate of drug-likeness (QED) is 0.820. The molecule has 0 aliphatic carbocycles. The summed E-state index contributed by atoms with van der Waals surface area (Å²) in [5.74, 6) is 0.246. The van der Waals surface area contributed by atoms with Gasteiger partial charge in [-0.15, -0.1) is 11.6 Å². The van der Waals surface area contributed by atoms with Gasteiger partial charge in [0, 0.05) is 12.3 Å². The van der Waals surface area contributed by atoms with Gasteiger partial charge in [0.1, 0.15) is 0 Å². The second kappa shape index (κ2) is 6.80. The lowest BCUT2D eigenvalue weighted by atomic mass is 10.1. The van der Waals surface area contributed by atoms with Crippen LogP contribution in [0.5, 0.6) is 0 Å². The number of rotatable bonds is 5. The highest BCUT2D eigenvalue weighted by Gasteiger charge is 2.30. The second-order valence-electron chi connectivity index (χ2n) is 4.20. The minimum Gasteiger partial charge on any atom is -0.350 e. The molecule has 1 unspecified atom stereocenters. The lowest BCUT2D eigenvalue weighted by Gasteiger charge is -2.15. The molecule has 0 saturated heterocycles. The van der Waals surface area contributed by atoms with E-state index >= 15 is 0 Å². The summed E-state index contributed by atoms with van der Waals surface area (Å²) >= 11 is 5.47. The van der Waals surface area contributed by atoms with Gasteiger partial charge in [0.2, 0.25) is 5.91 Å². The highest BCUT2D eigenvalue weighted by molar-refractivity contribution is 6.17. The lowest BCUT2D eigenvalue weighted by molar-refractivity contribution is -0.137. The second-order valence-corrected chi connectivity index (χ2v) is 4.58. The van der Waals surface area contributed by atoms with Crippen LogP contribution in [0, 0.1) is 0 Å². The average Bonchev–Trinajstić information content (AvgIpc) is 2.35. The third kappa shape index (κ3) is 5.11. The van der Waals surface area contributed by atoms with E-state index in [1.807, 2.05) is 0 Å². The Morgan fingerprint density at radius 3 is 2.37 bits per heavy atom. The van der Waals surface area contributed by atoms with Gasteiger partial charge in [-0.05, 0) is 31.0 Å². The number of carbonyl (C=O) groups is 1. The van der Waals surface area contributed by atoms with Crippen LogP contribution in [-0.2, 0) is 11.0 Å². The fourth-order valence-electron chi connectivity index (χ4n) is 1.59. The van der Waals surface area contributed by atoms with E-state index in [-0.39, 0.29) is 11.9 Å². The predicted molar refractivity (Wildman–Crippen MR) is 68.0 cm³/mol. The van der Waals surface area contributed by atoms with Gasteiger partial charge in [-0.2, -0.15) is 13.2 Å². The molecule has 0 bridgehead atoms. The molecule has 106 valence electrons. The zero-order valence-corrected chi connectivity index (χ0v) is 11.2. The number of halogens is 4. The molecular formula is C13H15ClF3NO. The Kier molecular flexibility index (Phi) is 5.66. The van der Waals surface area contributed by atoms with Crippen molar-refractivity contribution in [3.8, 4) is 0 Å². The van der Waals surface area contributed by atoms with E-state index in [0.29, 0.717) is 24.3 Å². The van der Waals surface area contributed by atoms with Crippen molar-refractivity contribution in [2.75, 3.05) is 5.88 Å². The van der Waals surface area contributed by atoms with E-state index < -0.39 is 11.7 Å². The van der Waals surface area contributed by atoms with Crippen molar-refractivity contribution in [1.29, 1.82) is 0 Å². The fourth-order valence-corrected chi connectivity index (χ4v) is 1.72. The Hall–Kier alpha value is -1.23. The van der Waals surface area contributed by atoms with Crippen molar-refractivity contribution in [3.05, 3.63) is 35.4 Å². The molecule has 0 heterocycles. The molecule has 0 spiro atoms. The normalized spacial score (nSPS) is 13.1. The number of alkyl halides is 4. The maximum Gasteiger partial charge on any atom is 0.416 e. The Morgan fingerprint density at radius 2 is 1.89 bits per heavy atom. The summed E-state index contributed by atoms with van der Waals surface area (Å²) in [5, 5.41) is 2.71. The van der Waals surface area contributed by atoms with Crippen LogP contribution in [0.2, 0.25) is 0 Å². The molecule has 0 fully saturated rings. The zero-order valence-electron chi connectivity index (χ0n) is 10.4. The van der Waals surface area contributed by atoms with Gasteiger partial charge in [0.05, 0.1) is 11.6 Å². The molecule has 1 atom stereocenters. The standard InChI is InChI=1S/C13H15ClF3NO/c1-9(18-12(19)3-2-8-14)10-4-6-11(7-5-10)13(15,16)17/h4-7,9H,2-3,8H2,1H3,(H,18,19). The van der Waals surface area contributed by atoms with Crippen LogP contribution >= 0.6 is 11.6 Å². The molecule has 1 aromatic carbocycles. The first-order chi connectivity index (χ1) is 8.84. The first kappa shape index (κ1) is 15.8. The van der Waals surface area contributed by atoms with E-state index in [9.17, 15) is 18.0 Å². The maximum atomic E-state index is 12.4. The van der Waals surface area contributed by atoms with Crippen molar-refractivity contribution in [2.45, 2.75) is 32.0 Å². The van der Waals surface area contributed by atoms with Crippen molar-refractivity contribution in [3.63, 3.8) is 0 Å². The number of hydrogen-bond acceptors (Lipinski definition) is 1. The largest absolute Gasteiger partial charge is 0.416 e. The van der Waals surface area contributed by atoms with Crippen LogP contribution in [0.25, 0.3) is 0 Å². The van der Waals surface area contributed by atoms with Crippen molar-refractivity contribution < 1.29 is 18.0 Å². The predicted octanol–water partition coefficient (Wildman–Crippen LogP) is 3.90. The molecule has 1 N–H and O–H groups in total. The molecular weight excluding hydrogens is 279 g/mol. The first-order valence-electron chi connectivity index (χ1n) is 5.87. The van der Waals surface area contributed by atoms with Gasteiger partial charge in [-0.1, -0.05) is 12.1 Å². The van der Waals surface area contributed by atoms with E-state index in [0.717, 1.165) is 12.1 Å². The summed E-state index contributed by atoms with van der Waals surface area (Å²) in [6.07, 6.45) is -3.45. The molecule has 0 aromatic heterocycles. The number of nitrogens with one attached hydrogen (secondary N) is 1. The van der Waals surface area contributed by atoms with Crippen LogP contribution in [-0.4, -0.2) is 11.8 Å². The van der Waals surface area contributed by atoms with Gasteiger partial charge in [-0.3, -0.25) is 4.79 Å². The summed E-state index contributed by atoms with van der Waals surface area (Å²) in [6.45, 7) is 1.72. The fraction of sp³-hybridized carbons (Fsp3) is 0.462. The lowest BCUT2D eigenvalue weighted by Crippen LogP contribution is -2.26. The topological polar surface area (TPSA) is 29.1 Å². The highest BCUT2D eigenvalue weighted by Crippen LogP contribution is 2.29. The highest BCUT2D eigenvalue weighted by atomic mass is 35.5. The van der Waals surface area contributed by atoms with E-state index in [2.05, 4.69) is 5.32 Å². The van der Waals surface area contributed by atoms with Gasteiger partial charge in [0.15, 0.2) is 0 Å². The number of hydrogen-bond donors (Lipinski definition) is 1. The van der Waals surface area contributed by atoms with E-state index in [4.69, 9.17) is 11.6 Å². The monoisotopic (exact) mass is 293 g/mol. The molecule has 0 aliphatic heterocycles. The number of carbonyl (C=O) groups excluding carboxylic acids is 1. The Labute approximate surface area is 114 Å². The Bertz CT molecular complexity index is 417. The van der Waals surface area contributed by atoms with Gasteiger partial charge < -0.3 is 5.32 Å². The summed E-state index contributed by atoms with van der Waals surface area (Å²) in [6, 6.07) is 4.43. The molecule has 1 amide bonds. The number of benzene rings is 1. The third-order valence-corrected chi connectivity index (χ3v) is 2.92. The van der Waals surface area contributed by atoms with Crippen molar-refractivity contribution in [2.24, 2.45) is 0 Å². The SMILES string of the molecule is CC(NC(=O)CCCCl)c1ccc(C(F)(F)F)cc1. The minimum absolute atomic E-state index is 0.159. The molecule has 0 aliphatic rings. The van der Waals surface area contributed by atoms with Crippen LogP contribution in [0.15, 0.2) is 24.3 Å². The minimum atomic E-state index is -4.34. The molecule has 1 aromatic rings. The molecule has 6 heteroatoms. The van der Waals surface area contributed by atoms with Crippen LogP contribution in [0.1, 0.15) is 36.9 Å².